The third-order valence-corrected chi connectivity index (χ3v) is 4.48. The molecule has 2 aromatic heterocycles. The molecule has 6 heteroatoms. The fraction of sp³-hybridized carbons (Fsp3) is 0.143. The van der Waals surface area contributed by atoms with Gasteiger partial charge < -0.3 is 4.74 Å². The molecule has 0 aliphatic carbocycles. The van der Waals surface area contributed by atoms with Crippen LogP contribution in [-0.4, -0.2) is 39.9 Å². The minimum absolute atomic E-state index is 0.0579. The molecule has 1 aliphatic heterocycles. The van der Waals surface area contributed by atoms with Gasteiger partial charge in [0.1, 0.15) is 5.71 Å². The molecule has 0 spiro atoms. The van der Waals surface area contributed by atoms with Gasteiger partial charge in [-0.1, -0.05) is 18.2 Å². The number of carbonyl (C=O) groups is 1. The second-order valence-corrected chi connectivity index (χ2v) is 6.10. The molecule has 0 N–H and O–H groups in total. The van der Waals surface area contributed by atoms with Crippen molar-refractivity contribution in [2.45, 2.75) is 5.92 Å². The van der Waals surface area contributed by atoms with Crippen molar-refractivity contribution >= 4 is 11.5 Å². The van der Waals surface area contributed by atoms with Gasteiger partial charge in [-0.25, -0.2) is 4.68 Å². The van der Waals surface area contributed by atoms with Crippen molar-refractivity contribution in [1.29, 1.82) is 0 Å². The molecule has 0 saturated heterocycles. The molecule has 0 bridgehead atoms. The minimum atomic E-state index is -0.244. The lowest BCUT2D eigenvalue weighted by Crippen LogP contribution is -2.21. The Hall–Kier alpha value is -3.54. The molecule has 0 saturated carbocycles. The summed E-state index contributed by atoms with van der Waals surface area (Å²) in [4.78, 5) is 21.8. The summed E-state index contributed by atoms with van der Waals surface area (Å²) in [7, 11) is 1.50. The second-order valence-electron chi connectivity index (χ2n) is 6.10. The van der Waals surface area contributed by atoms with E-state index in [2.05, 4.69) is 15.1 Å². The number of Topliss-reactive ketones (excluding diaryl/α,β-unsaturated/α-hetero) is 1. The van der Waals surface area contributed by atoms with E-state index in [1.807, 2.05) is 48.5 Å². The Labute approximate surface area is 156 Å². The number of nitrogens with zero attached hydrogens (tertiary/aromatic N) is 4. The standard InChI is InChI=1S/C21H18N4O2/c1-27-19-13-16(15-7-10-22-11-8-15)14-23-20(21(19)26)18-9-12-24-25(18)17-5-3-2-4-6-17/h2-13,16H,14H2,1H3. The first-order valence-electron chi connectivity index (χ1n) is 8.62. The molecule has 1 unspecified atom stereocenters. The predicted molar refractivity (Wildman–Crippen MR) is 102 cm³/mol. The quantitative estimate of drug-likeness (QED) is 0.719. The van der Waals surface area contributed by atoms with Gasteiger partial charge in [0.15, 0.2) is 5.76 Å². The number of hydrogen-bond donors (Lipinski definition) is 0. The zero-order valence-corrected chi connectivity index (χ0v) is 14.8. The van der Waals surface area contributed by atoms with E-state index in [1.54, 1.807) is 29.3 Å². The smallest absolute Gasteiger partial charge is 0.247 e. The third-order valence-electron chi connectivity index (χ3n) is 4.48. The maximum atomic E-state index is 13.1. The lowest BCUT2D eigenvalue weighted by molar-refractivity contribution is -0.112. The molecular formula is C21H18N4O2. The average Bonchev–Trinajstić information content (AvgIpc) is 3.14. The maximum Gasteiger partial charge on any atom is 0.247 e. The van der Waals surface area contributed by atoms with Crippen LogP contribution in [0.25, 0.3) is 5.69 Å². The molecule has 0 radical (unpaired) electrons. The summed E-state index contributed by atoms with van der Waals surface area (Å²) in [6.45, 7) is 0.442. The van der Waals surface area contributed by atoms with E-state index in [4.69, 9.17) is 4.74 Å². The van der Waals surface area contributed by atoms with Crippen LogP contribution < -0.4 is 0 Å². The number of benzene rings is 1. The molecule has 4 rings (SSSR count). The van der Waals surface area contributed by atoms with Crippen molar-refractivity contribution in [3.05, 3.63) is 90.2 Å². The minimum Gasteiger partial charge on any atom is -0.493 e. The van der Waals surface area contributed by atoms with E-state index in [9.17, 15) is 4.79 Å². The van der Waals surface area contributed by atoms with Crippen LogP contribution in [0.4, 0.5) is 0 Å². The lowest BCUT2D eigenvalue weighted by Gasteiger charge is -2.09. The molecule has 1 aliphatic rings. The van der Waals surface area contributed by atoms with E-state index >= 15 is 0 Å². The Morgan fingerprint density at radius 1 is 1.04 bits per heavy atom. The van der Waals surface area contributed by atoms with Crippen LogP contribution in [0.5, 0.6) is 0 Å². The van der Waals surface area contributed by atoms with Gasteiger partial charge in [0.05, 0.1) is 31.2 Å². The van der Waals surface area contributed by atoms with Gasteiger partial charge in [0, 0.05) is 18.3 Å². The first-order valence-corrected chi connectivity index (χ1v) is 8.62. The van der Waals surface area contributed by atoms with Gasteiger partial charge in [0.25, 0.3) is 0 Å². The number of ether oxygens (including phenoxy) is 1. The number of pyridine rings is 1. The van der Waals surface area contributed by atoms with Crippen LogP contribution in [0.15, 0.2) is 83.9 Å². The second kappa shape index (κ2) is 7.37. The summed E-state index contributed by atoms with van der Waals surface area (Å²) in [5, 5.41) is 4.37. The Morgan fingerprint density at radius 2 is 1.81 bits per heavy atom. The Morgan fingerprint density at radius 3 is 2.56 bits per heavy atom. The Bertz CT molecular complexity index is 1010. The number of carbonyl (C=O) groups excluding carboxylic acids is 1. The van der Waals surface area contributed by atoms with Crippen molar-refractivity contribution in [3.8, 4) is 5.69 Å². The summed E-state index contributed by atoms with van der Waals surface area (Å²) in [6, 6.07) is 15.3. The molecule has 3 aromatic rings. The molecule has 1 atom stereocenters. The first kappa shape index (κ1) is 16.9. The van der Waals surface area contributed by atoms with Gasteiger partial charge >= 0.3 is 0 Å². The van der Waals surface area contributed by atoms with Crippen LogP contribution in [0.3, 0.4) is 0 Å². The van der Waals surface area contributed by atoms with E-state index in [-0.39, 0.29) is 17.5 Å². The topological polar surface area (TPSA) is 69.4 Å². The summed E-state index contributed by atoms with van der Waals surface area (Å²) in [6.07, 6.45) is 6.96. The van der Waals surface area contributed by atoms with Crippen molar-refractivity contribution < 1.29 is 9.53 Å². The largest absolute Gasteiger partial charge is 0.493 e. The predicted octanol–water partition coefficient (Wildman–Crippen LogP) is 2.95. The number of rotatable bonds is 4. The van der Waals surface area contributed by atoms with Gasteiger partial charge in [-0.05, 0) is 42.0 Å². The van der Waals surface area contributed by atoms with Crippen LogP contribution in [0, 0.1) is 0 Å². The van der Waals surface area contributed by atoms with E-state index in [1.165, 1.54) is 7.11 Å². The first-order chi connectivity index (χ1) is 13.3. The number of para-hydroxylation sites is 1. The highest BCUT2D eigenvalue weighted by molar-refractivity contribution is 6.50. The molecule has 6 nitrogen and oxygen atoms in total. The third kappa shape index (κ3) is 3.29. The molecular weight excluding hydrogens is 340 g/mol. The average molecular weight is 358 g/mol. The van der Waals surface area contributed by atoms with Gasteiger partial charge in [-0.3, -0.25) is 14.8 Å². The van der Waals surface area contributed by atoms with E-state index in [0.717, 1.165) is 11.3 Å². The number of hydrogen-bond acceptors (Lipinski definition) is 5. The Balaban J connectivity index is 1.77. The number of aromatic nitrogens is 3. The molecule has 27 heavy (non-hydrogen) atoms. The Kier molecular flexibility index (Phi) is 4.61. The zero-order valence-electron chi connectivity index (χ0n) is 14.8. The van der Waals surface area contributed by atoms with Crippen LogP contribution >= 0.6 is 0 Å². The summed E-state index contributed by atoms with van der Waals surface area (Å²) < 4.78 is 7.11. The maximum absolute atomic E-state index is 13.1. The molecule has 0 amide bonds. The van der Waals surface area contributed by atoms with Crippen molar-refractivity contribution in [1.82, 2.24) is 14.8 Å². The molecule has 134 valence electrons. The molecule has 0 fully saturated rings. The van der Waals surface area contributed by atoms with Crippen LogP contribution in [0.1, 0.15) is 17.2 Å². The normalized spacial score (nSPS) is 17.1. The fourth-order valence-electron chi connectivity index (χ4n) is 3.12. The summed E-state index contributed by atoms with van der Waals surface area (Å²) >= 11 is 0. The zero-order chi connectivity index (χ0) is 18.6. The van der Waals surface area contributed by atoms with E-state index < -0.39 is 0 Å². The summed E-state index contributed by atoms with van der Waals surface area (Å²) in [5.74, 6) is -0.0156. The highest BCUT2D eigenvalue weighted by Crippen LogP contribution is 2.24. The van der Waals surface area contributed by atoms with Crippen molar-refractivity contribution in [3.63, 3.8) is 0 Å². The lowest BCUT2D eigenvalue weighted by atomic mass is 9.99. The number of allylic oxidation sites excluding steroid dienone is 1. The number of ketones is 1. The van der Waals surface area contributed by atoms with Crippen molar-refractivity contribution in [2.24, 2.45) is 4.99 Å². The molecule has 1 aromatic carbocycles. The molecule has 3 heterocycles. The van der Waals surface area contributed by atoms with Gasteiger partial charge in [-0.2, -0.15) is 5.10 Å². The van der Waals surface area contributed by atoms with Gasteiger partial charge in [0.2, 0.25) is 5.78 Å². The number of aliphatic imine (C=N–C) groups is 1. The van der Waals surface area contributed by atoms with Crippen LogP contribution in [-0.2, 0) is 9.53 Å². The van der Waals surface area contributed by atoms with Crippen molar-refractivity contribution in [2.75, 3.05) is 13.7 Å². The number of methoxy groups -OCH3 is 1. The van der Waals surface area contributed by atoms with E-state index in [0.29, 0.717) is 18.0 Å². The highest BCUT2D eigenvalue weighted by Gasteiger charge is 2.27. The van der Waals surface area contributed by atoms with Crippen LogP contribution in [0.2, 0.25) is 0 Å². The van der Waals surface area contributed by atoms with Gasteiger partial charge in [-0.15, -0.1) is 0 Å². The highest BCUT2D eigenvalue weighted by atomic mass is 16.5. The monoisotopic (exact) mass is 358 g/mol. The SMILES string of the molecule is COC1=CC(c2ccncc2)CN=C(c2ccnn2-c2ccccc2)C1=O. The fourth-order valence-corrected chi connectivity index (χ4v) is 3.12. The summed E-state index contributed by atoms with van der Waals surface area (Å²) in [5.41, 5.74) is 2.89.